The van der Waals surface area contributed by atoms with Gasteiger partial charge in [-0.25, -0.2) is 0 Å². The molecule has 0 spiro atoms. The number of rotatable bonds is 6. The van der Waals surface area contributed by atoms with E-state index in [1.54, 1.807) is 0 Å². The van der Waals surface area contributed by atoms with Crippen molar-refractivity contribution in [2.45, 2.75) is 52.0 Å². The summed E-state index contributed by atoms with van der Waals surface area (Å²) in [5, 5.41) is 2.96. The molecule has 13 heavy (non-hydrogen) atoms. The van der Waals surface area contributed by atoms with Crippen LogP contribution in [0.3, 0.4) is 0 Å². The monoisotopic (exact) mass is 205 g/mol. The van der Waals surface area contributed by atoms with Gasteiger partial charge in [0.15, 0.2) is 0 Å². The smallest absolute Gasteiger partial charge is 0.220 e. The first-order valence-corrected chi connectivity index (χ1v) is 5.48. The van der Waals surface area contributed by atoms with Gasteiger partial charge >= 0.3 is 0 Å². The zero-order valence-electron chi connectivity index (χ0n) is 8.82. The maximum atomic E-state index is 11.4. The van der Waals surface area contributed by atoms with E-state index in [4.69, 9.17) is 11.6 Å². The Hall–Kier alpha value is -0.240. The van der Waals surface area contributed by atoms with Gasteiger partial charge in [0.1, 0.15) is 0 Å². The molecule has 3 heteroatoms. The maximum absolute atomic E-state index is 11.4. The molecule has 0 aliphatic rings. The van der Waals surface area contributed by atoms with E-state index in [1.807, 2.05) is 13.8 Å². The number of carbonyl (C=O) groups excluding carboxylic acids is 1. The Kier molecular flexibility index (Phi) is 6.13. The van der Waals surface area contributed by atoms with E-state index in [0.717, 1.165) is 19.3 Å². The highest BCUT2D eigenvalue weighted by molar-refractivity contribution is 6.18. The molecular weight excluding hydrogens is 186 g/mol. The number of unbranched alkanes of at least 4 members (excludes halogenated alkanes) is 1. The molecule has 78 valence electrons. The number of amides is 1. The lowest BCUT2D eigenvalue weighted by Crippen LogP contribution is -2.46. The van der Waals surface area contributed by atoms with Crippen LogP contribution in [-0.4, -0.2) is 17.3 Å². The number of hydrogen-bond donors (Lipinski definition) is 1. The van der Waals surface area contributed by atoms with Gasteiger partial charge < -0.3 is 5.32 Å². The van der Waals surface area contributed by atoms with Crippen molar-refractivity contribution in [1.29, 1.82) is 0 Å². The van der Waals surface area contributed by atoms with Crippen molar-refractivity contribution in [2.24, 2.45) is 0 Å². The normalized spacial score (nSPS) is 15.1. The van der Waals surface area contributed by atoms with E-state index in [2.05, 4.69) is 12.2 Å². The molecule has 0 fully saturated rings. The first-order valence-electron chi connectivity index (χ1n) is 4.95. The van der Waals surface area contributed by atoms with Gasteiger partial charge in [-0.15, -0.1) is 11.6 Å². The number of alkyl halides is 1. The number of halogens is 1. The molecule has 0 radical (unpaired) electrons. The van der Waals surface area contributed by atoms with Gasteiger partial charge in [-0.05, 0) is 19.8 Å². The Morgan fingerprint density at radius 3 is 2.46 bits per heavy atom. The molecule has 1 N–H and O–H groups in total. The van der Waals surface area contributed by atoms with Crippen molar-refractivity contribution in [2.75, 3.05) is 5.88 Å². The van der Waals surface area contributed by atoms with Gasteiger partial charge in [-0.1, -0.05) is 20.3 Å². The summed E-state index contributed by atoms with van der Waals surface area (Å²) in [4.78, 5) is 11.4. The van der Waals surface area contributed by atoms with Crippen molar-refractivity contribution in [3.8, 4) is 0 Å². The Bertz CT molecular complexity index is 155. The molecule has 1 amide bonds. The van der Waals surface area contributed by atoms with Crippen molar-refractivity contribution >= 4 is 17.5 Å². The summed E-state index contributed by atoms with van der Waals surface area (Å²) in [6.45, 7) is 6.08. The fourth-order valence-electron chi connectivity index (χ4n) is 0.953. The predicted molar refractivity (Wildman–Crippen MR) is 57.1 cm³/mol. The third-order valence-electron chi connectivity index (χ3n) is 2.27. The molecule has 1 atom stereocenters. The van der Waals surface area contributed by atoms with Crippen LogP contribution in [0.4, 0.5) is 0 Å². The van der Waals surface area contributed by atoms with E-state index >= 15 is 0 Å². The van der Waals surface area contributed by atoms with Crippen LogP contribution in [-0.2, 0) is 4.79 Å². The lowest BCUT2D eigenvalue weighted by atomic mass is 10.0. The summed E-state index contributed by atoms with van der Waals surface area (Å²) in [6.07, 6.45) is 3.49. The molecule has 0 bridgehead atoms. The molecule has 0 aliphatic carbocycles. The molecule has 0 rings (SSSR count). The summed E-state index contributed by atoms with van der Waals surface area (Å²) in [6, 6.07) is 0. The fourth-order valence-corrected chi connectivity index (χ4v) is 1.21. The van der Waals surface area contributed by atoms with Gasteiger partial charge in [-0.3, -0.25) is 4.79 Å². The topological polar surface area (TPSA) is 29.1 Å². The number of carbonyl (C=O) groups is 1. The van der Waals surface area contributed by atoms with E-state index in [9.17, 15) is 4.79 Å². The molecule has 0 aromatic rings. The Labute approximate surface area is 86.0 Å². The highest BCUT2D eigenvalue weighted by atomic mass is 35.5. The molecule has 0 saturated heterocycles. The van der Waals surface area contributed by atoms with Crippen LogP contribution >= 0.6 is 11.6 Å². The summed E-state index contributed by atoms with van der Waals surface area (Å²) >= 11 is 5.77. The molecule has 0 aromatic carbocycles. The Balaban J connectivity index is 3.87. The van der Waals surface area contributed by atoms with Crippen molar-refractivity contribution < 1.29 is 4.79 Å². The highest BCUT2D eigenvalue weighted by Gasteiger charge is 2.22. The lowest BCUT2D eigenvalue weighted by molar-refractivity contribution is -0.122. The molecule has 1 unspecified atom stereocenters. The summed E-state index contributed by atoms with van der Waals surface area (Å²) in [7, 11) is 0. The third-order valence-corrected chi connectivity index (χ3v) is 2.86. The first-order chi connectivity index (χ1) is 6.08. The minimum absolute atomic E-state index is 0.117. The SMILES string of the molecule is CCCCC(=O)NC(C)(CC)CCl. The second-order valence-corrected chi connectivity index (χ2v) is 3.97. The third kappa shape index (κ3) is 5.14. The molecule has 0 heterocycles. The van der Waals surface area contributed by atoms with E-state index in [-0.39, 0.29) is 11.4 Å². The zero-order chi connectivity index (χ0) is 10.3. The van der Waals surface area contributed by atoms with Gasteiger partial charge in [0.05, 0.1) is 5.54 Å². The number of hydrogen-bond acceptors (Lipinski definition) is 1. The maximum Gasteiger partial charge on any atom is 0.220 e. The molecule has 0 aliphatic heterocycles. The quantitative estimate of drug-likeness (QED) is 0.664. The Morgan fingerprint density at radius 2 is 2.08 bits per heavy atom. The molecule has 0 saturated carbocycles. The average Bonchev–Trinajstić information content (AvgIpc) is 2.14. The minimum atomic E-state index is -0.230. The van der Waals surface area contributed by atoms with E-state index < -0.39 is 0 Å². The van der Waals surface area contributed by atoms with Crippen LogP contribution in [0.2, 0.25) is 0 Å². The molecule has 0 aromatic heterocycles. The zero-order valence-corrected chi connectivity index (χ0v) is 9.58. The standard InChI is InChI=1S/C10H20ClNO/c1-4-6-7-9(13)12-10(3,5-2)8-11/h4-8H2,1-3H3,(H,12,13). The van der Waals surface area contributed by atoms with Crippen molar-refractivity contribution in [3.05, 3.63) is 0 Å². The summed E-state index contributed by atoms with van der Waals surface area (Å²) in [5.41, 5.74) is -0.230. The molecule has 2 nitrogen and oxygen atoms in total. The second kappa shape index (κ2) is 6.25. The minimum Gasteiger partial charge on any atom is -0.350 e. The van der Waals surface area contributed by atoms with Crippen LogP contribution in [0.5, 0.6) is 0 Å². The van der Waals surface area contributed by atoms with Crippen LogP contribution < -0.4 is 5.32 Å². The largest absolute Gasteiger partial charge is 0.350 e. The van der Waals surface area contributed by atoms with Crippen molar-refractivity contribution in [3.63, 3.8) is 0 Å². The summed E-state index contributed by atoms with van der Waals surface area (Å²) < 4.78 is 0. The van der Waals surface area contributed by atoms with Gasteiger partial charge in [0.2, 0.25) is 5.91 Å². The fraction of sp³-hybridized carbons (Fsp3) is 0.900. The van der Waals surface area contributed by atoms with Crippen LogP contribution in [0.15, 0.2) is 0 Å². The first kappa shape index (κ1) is 12.8. The lowest BCUT2D eigenvalue weighted by Gasteiger charge is -2.27. The number of nitrogens with one attached hydrogen (secondary N) is 1. The van der Waals surface area contributed by atoms with Gasteiger partial charge in [0, 0.05) is 12.3 Å². The average molecular weight is 206 g/mol. The second-order valence-electron chi connectivity index (χ2n) is 3.70. The van der Waals surface area contributed by atoms with Crippen molar-refractivity contribution in [1.82, 2.24) is 5.32 Å². The van der Waals surface area contributed by atoms with E-state index in [0.29, 0.717) is 12.3 Å². The van der Waals surface area contributed by atoms with Crippen LogP contribution in [0, 0.1) is 0 Å². The van der Waals surface area contributed by atoms with E-state index in [1.165, 1.54) is 0 Å². The van der Waals surface area contributed by atoms with Crippen LogP contribution in [0.1, 0.15) is 46.5 Å². The van der Waals surface area contributed by atoms with Crippen LogP contribution in [0.25, 0.3) is 0 Å². The predicted octanol–water partition coefficient (Wildman–Crippen LogP) is 2.70. The van der Waals surface area contributed by atoms with Gasteiger partial charge in [0.25, 0.3) is 0 Å². The Morgan fingerprint density at radius 1 is 1.46 bits per heavy atom. The molecular formula is C10H20ClNO. The van der Waals surface area contributed by atoms with Gasteiger partial charge in [-0.2, -0.15) is 0 Å². The highest BCUT2D eigenvalue weighted by Crippen LogP contribution is 2.11. The summed E-state index contributed by atoms with van der Waals surface area (Å²) in [5.74, 6) is 0.591.